The molecule has 1 aromatic carbocycles. The molecule has 0 spiro atoms. The molecule has 1 aliphatic carbocycles. The molecule has 0 atom stereocenters. The number of aliphatic hydroxyl groups is 1. The van der Waals surface area contributed by atoms with E-state index in [9.17, 15) is 5.11 Å². The molecule has 0 aromatic heterocycles. The molecule has 0 heterocycles. The minimum Gasteiger partial charge on any atom is -0.371 e. The van der Waals surface area contributed by atoms with Gasteiger partial charge in [-0.2, -0.15) is 0 Å². The van der Waals surface area contributed by atoms with Gasteiger partial charge < -0.3 is 10.4 Å². The Morgan fingerprint density at radius 1 is 1.06 bits per heavy atom. The monoisotopic (exact) mass is 259 g/mol. The zero-order valence-corrected chi connectivity index (χ0v) is 10.5. The van der Waals surface area contributed by atoms with E-state index in [4.69, 9.17) is 23.2 Å². The molecule has 2 N–H and O–H groups in total. The van der Waals surface area contributed by atoms with Crippen LogP contribution >= 0.6 is 23.2 Å². The second-order valence-corrected chi connectivity index (χ2v) is 5.16. The van der Waals surface area contributed by atoms with Gasteiger partial charge in [0, 0.05) is 5.69 Å². The third-order valence-electron chi connectivity index (χ3n) is 2.98. The Kier molecular flexibility index (Phi) is 3.63. The minimum absolute atomic E-state index is 0.506. The van der Waals surface area contributed by atoms with Gasteiger partial charge in [0.25, 0.3) is 0 Å². The van der Waals surface area contributed by atoms with Crippen molar-refractivity contribution in [2.45, 2.75) is 37.8 Å². The smallest absolute Gasteiger partial charge is 0.135 e. The summed E-state index contributed by atoms with van der Waals surface area (Å²) in [5.41, 5.74) is 0.0360. The van der Waals surface area contributed by atoms with Gasteiger partial charge in [0.15, 0.2) is 0 Å². The molecule has 1 aliphatic rings. The van der Waals surface area contributed by atoms with Crippen molar-refractivity contribution >= 4 is 28.9 Å². The van der Waals surface area contributed by atoms with Crippen molar-refractivity contribution in [3.8, 4) is 0 Å². The fraction of sp³-hybridized carbons (Fsp3) is 0.500. The summed E-state index contributed by atoms with van der Waals surface area (Å²) in [4.78, 5) is 0. The summed E-state index contributed by atoms with van der Waals surface area (Å²) in [5.74, 6) is 0. The molecule has 0 saturated heterocycles. The SMILES string of the molecule is OC1(Nc2ccc(Cl)c(Cl)c2)CCCCC1. The van der Waals surface area contributed by atoms with E-state index in [2.05, 4.69) is 5.32 Å². The molecule has 1 aromatic rings. The average molecular weight is 260 g/mol. The number of anilines is 1. The first-order chi connectivity index (χ1) is 7.59. The van der Waals surface area contributed by atoms with E-state index in [1.54, 1.807) is 12.1 Å². The number of rotatable bonds is 2. The van der Waals surface area contributed by atoms with Gasteiger partial charge >= 0.3 is 0 Å². The first-order valence-corrected chi connectivity index (χ1v) is 6.30. The van der Waals surface area contributed by atoms with Gasteiger partial charge in [0.1, 0.15) is 5.72 Å². The van der Waals surface area contributed by atoms with Gasteiger partial charge in [0.2, 0.25) is 0 Å². The van der Waals surface area contributed by atoms with Crippen molar-refractivity contribution in [1.82, 2.24) is 0 Å². The second-order valence-electron chi connectivity index (χ2n) is 4.35. The largest absolute Gasteiger partial charge is 0.371 e. The lowest BCUT2D eigenvalue weighted by atomic mass is 9.91. The predicted molar refractivity (Wildman–Crippen MR) is 68.1 cm³/mol. The van der Waals surface area contributed by atoms with Crippen LogP contribution in [-0.4, -0.2) is 10.8 Å². The Bertz CT molecular complexity index is 375. The van der Waals surface area contributed by atoms with Crippen LogP contribution in [0.25, 0.3) is 0 Å². The van der Waals surface area contributed by atoms with E-state index in [-0.39, 0.29) is 0 Å². The fourth-order valence-electron chi connectivity index (χ4n) is 2.10. The summed E-state index contributed by atoms with van der Waals surface area (Å²) in [7, 11) is 0. The first kappa shape index (κ1) is 12.0. The van der Waals surface area contributed by atoms with E-state index in [0.717, 1.165) is 31.4 Å². The van der Waals surface area contributed by atoms with Crippen molar-refractivity contribution in [3.05, 3.63) is 28.2 Å². The average Bonchev–Trinajstić information content (AvgIpc) is 2.24. The molecule has 2 rings (SSSR count). The number of hydrogen-bond donors (Lipinski definition) is 2. The third kappa shape index (κ3) is 2.82. The molecule has 88 valence electrons. The van der Waals surface area contributed by atoms with E-state index in [0.29, 0.717) is 10.0 Å². The summed E-state index contributed by atoms with van der Waals surface area (Å²) in [6.45, 7) is 0. The maximum atomic E-state index is 10.3. The van der Waals surface area contributed by atoms with E-state index in [1.807, 2.05) is 6.07 Å². The fourth-order valence-corrected chi connectivity index (χ4v) is 2.40. The maximum absolute atomic E-state index is 10.3. The quantitative estimate of drug-likeness (QED) is 0.786. The molecular formula is C12H15Cl2NO. The highest BCUT2D eigenvalue weighted by molar-refractivity contribution is 6.42. The van der Waals surface area contributed by atoms with Gasteiger partial charge in [-0.25, -0.2) is 0 Å². The third-order valence-corrected chi connectivity index (χ3v) is 3.72. The molecule has 4 heteroatoms. The second kappa shape index (κ2) is 4.82. The Balaban J connectivity index is 2.10. The molecule has 16 heavy (non-hydrogen) atoms. The highest BCUT2D eigenvalue weighted by atomic mass is 35.5. The Labute approximate surface area is 106 Å². The van der Waals surface area contributed by atoms with Crippen molar-refractivity contribution in [2.75, 3.05) is 5.32 Å². The molecule has 2 nitrogen and oxygen atoms in total. The lowest BCUT2D eigenvalue weighted by Gasteiger charge is -2.33. The lowest BCUT2D eigenvalue weighted by molar-refractivity contribution is 0.0317. The van der Waals surface area contributed by atoms with Crippen LogP contribution in [0.4, 0.5) is 5.69 Å². The summed E-state index contributed by atoms with van der Waals surface area (Å²) in [6.07, 6.45) is 4.89. The van der Waals surface area contributed by atoms with Crippen molar-refractivity contribution in [2.24, 2.45) is 0 Å². The molecular weight excluding hydrogens is 245 g/mol. The minimum atomic E-state index is -0.782. The van der Waals surface area contributed by atoms with Gasteiger partial charge in [-0.1, -0.05) is 29.6 Å². The Hall–Kier alpha value is -0.440. The molecule has 1 fully saturated rings. The summed E-state index contributed by atoms with van der Waals surface area (Å²) >= 11 is 11.8. The van der Waals surface area contributed by atoms with Gasteiger partial charge in [-0.05, 0) is 43.9 Å². The highest BCUT2D eigenvalue weighted by Gasteiger charge is 2.28. The van der Waals surface area contributed by atoms with Crippen LogP contribution < -0.4 is 5.32 Å². The topological polar surface area (TPSA) is 32.3 Å². The summed E-state index contributed by atoms with van der Waals surface area (Å²) in [5, 5.41) is 14.5. The molecule has 1 saturated carbocycles. The molecule has 0 aliphatic heterocycles. The van der Waals surface area contributed by atoms with Crippen LogP contribution in [0, 0.1) is 0 Å². The summed E-state index contributed by atoms with van der Waals surface area (Å²) < 4.78 is 0. The van der Waals surface area contributed by atoms with Crippen molar-refractivity contribution < 1.29 is 5.11 Å². The van der Waals surface area contributed by atoms with Crippen molar-refractivity contribution in [3.63, 3.8) is 0 Å². The highest BCUT2D eigenvalue weighted by Crippen LogP contribution is 2.31. The van der Waals surface area contributed by atoms with Crippen LogP contribution in [0.3, 0.4) is 0 Å². The van der Waals surface area contributed by atoms with E-state index < -0.39 is 5.72 Å². The molecule has 0 unspecified atom stereocenters. The van der Waals surface area contributed by atoms with Gasteiger partial charge in [0.05, 0.1) is 10.0 Å². The Morgan fingerprint density at radius 3 is 2.38 bits per heavy atom. The number of hydrogen-bond acceptors (Lipinski definition) is 2. The molecule has 0 radical (unpaired) electrons. The van der Waals surface area contributed by atoms with E-state index in [1.165, 1.54) is 6.42 Å². The van der Waals surface area contributed by atoms with E-state index >= 15 is 0 Å². The van der Waals surface area contributed by atoms with Crippen LogP contribution in [0.5, 0.6) is 0 Å². The Morgan fingerprint density at radius 2 is 1.75 bits per heavy atom. The predicted octanol–water partition coefficient (Wildman–Crippen LogP) is 4.06. The zero-order chi connectivity index (χ0) is 11.6. The van der Waals surface area contributed by atoms with Gasteiger partial charge in [-0.3, -0.25) is 0 Å². The first-order valence-electron chi connectivity index (χ1n) is 5.55. The number of halogens is 2. The van der Waals surface area contributed by atoms with Crippen LogP contribution in [0.1, 0.15) is 32.1 Å². The molecule has 0 bridgehead atoms. The normalized spacial score (nSPS) is 19.4. The molecule has 0 amide bonds. The summed E-state index contributed by atoms with van der Waals surface area (Å²) in [6, 6.07) is 5.32. The standard InChI is InChI=1S/C12H15Cl2NO/c13-10-5-4-9(8-11(10)14)15-12(16)6-2-1-3-7-12/h4-5,8,15-16H,1-3,6-7H2. The number of benzene rings is 1. The van der Waals surface area contributed by atoms with Crippen molar-refractivity contribution in [1.29, 1.82) is 0 Å². The van der Waals surface area contributed by atoms with Gasteiger partial charge in [-0.15, -0.1) is 0 Å². The lowest BCUT2D eigenvalue weighted by Crippen LogP contribution is -2.39. The maximum Gasteiger partial charge on any atom is 0.135 e. The van der Waals surface area contributed by atoms with Crippen LogP contribution in [0.2, 0.25) is 10.0 Å². The number of nitrogens with one attached hydrogen (secondary N) is 1. The zero-order valence-electron chi connectivity index (χ0n) is 8.97. The van der Waals surface area contributed by atoms with Crippen LogP contribution in [-0.2, 0) is 0 Å². The van der Waals surface area contributed by atoms with Crippen LogP contribution in [0.15, 0.2) is 18.2 Å².